The number of primary amides is 1. The fourth-order valence-corrected chi connectivity index (χ4v) is 2.44. The van der Waals surface area contributed by atoms with Gasteiger partial charge in [0.05, 0.1) is 4.92 Å². The van der Waals surface area contributed by atoms with E-state index < -0.39 is 6.03 Å². The van der Waals surface area contributed by atoms with Gasteiger partial charge in [0.1, 0.15) is 0 Å². The second-order valence-corrected chi connectivity index (χ2v) is 4.89. The maximum Gasteiger partial charge on any atom is 0.314 e. The molecule has 0 aromatic heterocycles. The highest BCUT2D eigenvalue weighted by atomic mass is 16.6. The molecule has 7 nitrogen and oxygen atoms in total. The van der Waals surface area contributed by atoms with Crippen LogP contribution < -0.4 is 10.6 Å². The maximum atomic E-state index is 11.2. The summed E-state index contributed by atoms with van der Waals surface area (Å²) in [7, 11) is 0. The summed E-state index contributed by atoms with van der Waals surface area (Å²) in [6.07, 6.45) is 0.832. The molecule has 7 heteroatoms. The monoisotopic (exact) mass is 278 g/mol. The zero-order chi connectivity index (χ0) is 14.7. The lowest BCUT2D eigenvalue weighted by molar-refractivity contribution is -0.385. The SMILES string of the molecule is Cc1cc(N2CCCN(C(N)=O)CC2)ccc1[N+](=O)[O-]. The van der Waals surface area contributed by atoms with Crippen LogP contribution in [0.25, 0.3) is 0 Å². The number of rotatable bonds is 2. The molecule has 0 atom stereocenters. The predicted octanol–water partition coefficient (Wildman–Crippen LogP) is 1.49. The summed E-state index contributed by atoms with van der Waals surface area (Å²) >= 11 is 0. The van der Waals surface area contributed by atoms with Gasteiger partial charge in [0.2, 0.25) is 0 Å². The van der Waals surface area contributed by atoms with Crippen LogP contribution in [-0.4, -0.2) is 42.0 Å². The smallest absolute Gasteiger partial charge is 0.314 e. The third-order valence-corrected chi connectivity index (χ3v) is 3.55. The number of carbonyl (C=O) groups excluding carboxylic acids is 1. The Morgan fingerprint density at radius 2 is 2.05 bits per heavy atom. The number of anilines is 1. The van der Waals surface area contributed by atoms with Crippen LogP contribution in [0, 0.1) is 17.0 Å². The molecule has 1 aliphatic rings. The van der Waals surface area contributed by atoms with Gasteiger partial charge in [0, 0.05) is 43.5 Å². The number of urea groups is 1. The van der Waals surface area contributed by atoms with Crippen molar-refractivity contribution in [2.45, 2.75) is 13.3 Å². The first kappa shape index (κ1) is 14.1. The van der Waals surface area contributed by atoms with Crippen molar-refractivity contribution in [3.63, 3.8) is 0 Å². The Hall–Kier alpha value is -2.31. The molecule has 1 aromatic rings. The molecular formula is C13H18N4O3. The van der Waals surface area contributed by atoms with Crippen LogP contribution in [0.4, 0.5) is 16.2 Å². The lowest BCUT2D eigenvalue weighted by Gasteiger charge is -2.23. The second-order valence-electron chi connectivity index (χ2n) is 4.89. The van der Waals surface area contributed by atoms with Crippen molar-refractivity contribution >= 4 is 17.4 Å². The van der Waals surface area contributed by atoms with E-state index in [0.29, 0.717) is 25.2 Å². The Morgan fingerprint density at radius 1 is 1.30 bits per heavy atom. The first-order chi connectivity index (χ1) is 9.49. The number of nitro groups is 1. The molecule has 1 fully saturated rings. The number of aryl methyl sites for hydroxylation is 1. The number of amides is 2. The van der Waals surface area contributed by atoms with Crippen molar-refractivity contribution < 1.29 is 9.72 Å². The summed E-state index contributed by atoms with van der Waals surface area (Å²) in [5, 5.41) is 10.8. The van der Waals surface area contributed by atoms with Crippen LogP contribution in [0.1, 0.15) is 12.0 Å². The highest BCUT2D eigenvalue weighted by Crippen LogP contribution is 2.25. The predicted molar refractivity (Wildman–Crippen MR) is 75.8 cm³/mol. The molecule has 20 heavy (non-hydrogen) atoms. The Kier molecular flexibility index (Phi) is 4.07. The van der Waals surface area contributed by atoms with Gasteiger partial charge < -0.3 is 15.5 Å². The molecule has 1 aromatic carbocycles. The van der Waals surface area contributed by atoms with E-state index in [1.54, 1.807) is 17.9 Å². The highest BCUT2D eigenvalue weighted by Gasteiger charge is 2.19. The van der Waals surface area contributed by atoms with Crippen LogP contribution in [0.5, 0.6) is 0 Å². The molecule has 1 heterocycles. The summed E-state index contributed by atoms with van der Waals surface area (Å²) in [6, 6.07) is 4.71. The summed E-state index contributed by atoms with van der Waals surface area (Å²) < 4.78 is 0. The Morgan fingerprint density at radius 3 is 2.65 bits per heavy atom. The van der Waals surface area contributed by atoms with Gasteiger partial charge in [-0.2, -0.15) is 0 Å². The van der Waals surface area contributed by atoms with Crippen LogP contribution in [0.2, 0.25) is 0 Å². The lowest BCUT2D eigenvalue weighted by atomic mass is 10.1. The van der Waals surface area contributed by atoms with Crippen LogP contribution in [0.3, 0.4) is 0 Å². The van der Waals surface area contributed by atoms with Crippen LogP contribution in [-0.2, 0) is 0 Å². The normalized spacial score (nSPS) is 15.8. The zero-order valence-corrected chi connectivity index (χ0v) is 11.4. The molecule has 0 aliphatic carbocycles. The van der Waals surface area contributed by atoms with Gasteiger partial charge in [-0.3, -0.25) is 10.1 Å². The van der Waals surface area contributed by atoms with Gasteiger partial charge in [-0.25, -0.2) is 4.79 Å². The van der Waals surface area contributed by atoms with Crippen molar-refractivity contribution in [2.24, 2.45) is 5.73 Å². The average molecular weight is 278 g/mol. The minimum absolute atomic E-state index is 0.127. The van der Waals surface area contributed by atoms with Crippen molar-refractivity contribution in [1.29, 1.82) is 0 Å². The molecule has 0 spiro atoms. The van der Waals surface area contributed by atoms with Gasteiger partial charge in [-0.1, -0.05) is 0 Å². The topological polar surface area (TPSA) is 92.7 Å². The maximum absolute atomic E-state index is 11.2. The average Bonchev–Trinajstić information content (AvgIpc) is 2.63. The van der Waals surface area contributed by atoms with Gasteiger partial charge in [0.25, 0.3) is 5.69 Å². The van der Waals surface area contributed by atoms with Crippen molar-refractivity contribution in [2.75, 3.05) is 31.1 Å². The molecule has 1 saturated heterocycles. The molecular weight excluding hydrogens is 260 g/mol. The standard InChI is InChI=1S/C13H18N4O3/c1-10-9-11(3-4-12(10)17(19)20)15-5-2-6-16(8-7-15)13(14)18/h3-4,9H,2,5-8H2,1H3,(H2,14,18). The molecule has 0 radical (unpaired) electrons. The minimum Gasteiger partial charge on any atom is -0.370 e. The zero-order valence-electron chi connectivity index (χ0n) is 11.4. The van der Waals surface area contributed by atoms with Crippen LogP contribution in [0.15, 0.2) is 18.2 Å². The van der Waals surface area contributed by atoms with Crippen molar-refractivity contribution in [1.82, 2.24) is 4.90 Å². The largest absolute Gasteiger partial charge is 0.370 e. The number of nitrogens with zero attached hydrogens (tertiary/aromatic N) is 3. The number of carbonyl (C=O) groups is 1. The quantitative estimate of drug-likeness (QED) is 0.655. The molecule has 2 N–H and O–H groups in total. The molecule has 2 amide bonds. The van der Waals surface area contributed by atoms with E-state index in [0.717, 1.165) is 18.7 Å². The van der Waals surface area contributed by atoms with Gasteiger partial charge in [0.15, 0.2) is 0 Å². The van der Waals surface area contributed by atoms with E-state index in [1.165, 1.54) is 6.07 Å². The van der Waals surface area contributed by atoms with Gasteiger partial charge in [-0.15, -0.1) is 0 Å². The van der Waals surface area contributed by atoms with E-state index in [2.05, 4.69) is 4.90 Å². The molecule has 0 bridgehead atoms. The third-order valence-electron chi connectivity index (χ3n) is 3.55. The number of nitro benzene ring substituents is 1. The van der Waals surface area contributed by atoms with Crippen LogP contribution >= 0.6 is 0 Å². The summed E-state index contributed by atoms with van der Waals surface area (Å²) in [5.74, 6) is 0. The summed E-state index contributed by atoms with van der Waals surface area (Å²) in [4.78, 5) is 25.4. The molecule has 108 valence electrons. The van der Waals surface area contributed by atoms with Crippen molar-refractivity contribution in [3.05, 3.63) is 33.9 Å². The van der Waals surface area contributed by atoms with E-state index in [-0.39, 0.29) is 10.6 Å². The first-order valence-corrected chi connectivity index (χ1v) is 6.53. The minimum atomic E-state index is -0.397. The number of nitrogens with two attached hydrogens (primary N) is 1. The summed E-state index contributed by atoms with van der Waals surface area (Å²) in [5.41, 5.74) is 7.00. The van der Waals surface area contributed by atoms with Gasteiger partial charge in [-0.05, 0) is 25.5 Å². The van der Waals surface area contributed by atoms with Crippen molar-refractivity contribution in [3.8, 4) is 0 Å². The Balaban J connectivity index is 2.14. The highest BCUT2D eigenvalue weighted by molar-refractivity contribution is 5.72. The Bertz CT molecular complexity index is 532. The first-order valence-electron chi connectivity index (χ1n) is 6.53. The fourth-order valence-electron chi connectivity index (χ4n) is 2.44. The molecule has 1 aliphatic heterocycles. The van der Waals surface area contributed by atoms with E-state index in [9.17, 15) is 14.9 Å². The van der Waals surface area contributed by atoms with E-state index in [4.69, 9.17) is 5.73 Å². The number of hydrogen-bond donors (Lipinski definition) is 1. The van der Waals surface area contributed by atoms with Gasteiger partial charge >= 0.3 is 6.03 Å². The van der Waals surface area contributed by atoms with E-state index >= 15 is 0 Å². The third kappa shape index (κ3) is 2.98. The number of benzene rings is 1. The second kappa shape index (κ2) is 5.77. The molecule has 0 unspecified atom stereocenters. The molecule has 2 rings (SSSR count). The fraction of sp³-hybridized carbons (Fsp3) is 0.462. The Labute approximate surface area is 117 Å². The number of hydrogen-bond acceptors (Lipinski definition) is 4. The summed E-state index contributed by atoms with van der Waals surface area (Å²) in [6.45, 7) is 4.44. The lowest BCUT2D eigenvalue weighted by Crippen LogP contribution is -2.38. The molecule has 0 saturated carbocycles. The van der Waals surface area contributed by atoms with E-state index in [1.807, 2.05) is 6.07 Å².